The van der Waals surface area contributed by atoms with Crippen molar-refractivity contribution in [2.75, 3.05) is 0 Å². The van der Waals surface area contributed by atoms with E-state index in [0.29, 0.717) is 0 Å². The predicted octanol–water partition coefficient (Wildman–Crippen LogP) is 2.03. The van der Waals surface area contributed by atoms with Gasteiger partial charge in [0.1, 0.15) is 12.1 Å². The van der Waals surface area contributed by atoms with Crippen LogP contribution in [0.1, 0.15) is 55.4 Å². The van der Waals surface area contributed by atoms with Gasteiger partial charge in [0.25, 0.3) is 0 Å². The van der Waals surface area contributed by atoms with E-state index in [4.69, 9.17) is 0 Å². The summed E-state index contributed by atoms with van der Waals surface area (Å²) >= 11 is 0. The van der Waals surface area contributed by atoms with Crippen LogP contribution >= 0.6 is 0 Å². The quantitative estimate of drug-likeness (QED) is 0.663. The lowest BCUT2D eigenvalue weighted by atomic mass is 9.93. The van der Waals surface area contributed by atoms with Crippen LogP contribution in [0.15, 0.2) is 0 Å². The summed E-state index contributed by atoms with van der Waals surface area (Å²) in [5.74, 6) is 0.0639. The summed E-state index contributed by atoms with van der Waals surface area (Å²) < 4.78 is 0. The molecule has 4 nitrogen and oxygen atoms in total. The number of carbonyl (C=O) groups is 2. The molecule has 2 amide bonds. The molecule has 0 aromatic heterocycles. The molecule has 0 aromatic carbocycles. The molecule has 4 heteroatoms. The number of nitrogens with zero attached hydrogens (tertiary/aromatic N) is 2. The largest absolute Gasteiger partial charge is 0.324 e. The van der Waals surface area contributed by atoms with E-state index >= 15 is 0 Å². The van der Waals surface area contributed by atoms with Gasteiger partial charge in [0.05, 0.1) is 0 Å². The zero-order valence-electron chi connectivity index (χ0n) is 12.9. The first kappa shape index (κ1) is 15.0. The van der Waals surface area contributed by atoms with E-state index in [2.05, 4.69) is 0 Å². The molecule has 2 atom stereocenters. The van der Waals surface area contributed by atoms with Crippen molar-refractivity contribution in [2.24, 2.45) is 0 Å². The lowest BCUT2D eigenvalue weighted by Crippen LogP contribution is -2.70. The number of hydrogen-bond donors (Lipinski definition) is 0. The Morgan fingerprint density at radius 2 is 0.944 bits per heavy atom. The van der Waals surface area contributed by atoms with Gasteiger partial charge < -0.3 is 9.80 Å². The molecule has 0 saturated carbocycles. The molecule has 1 rings (SSSR count). The van der Waals surface area contributed by atoms with Gasteiger partial charge in [-0.3, -0.25) is 9.59 Å². The third-order valence-electron chi connectivity index (χ3n) is 3.41. The summed E-state index contributed by atoms with van der Waals surface area (Å²) in [5, 5.41) is 0. The molecule has 18 heavy (non-hydrogen) atoms. The number of rotatable bonds is 0. The highest BCUT2D eigenvalue weighted by Crippen LogP contribution is 2.30. The summed E-state index contributed by atoms with van der Waals surface area (Å²) in [5.41, 5.74) is -0.658. The molecule has 1 heterocycles. The molecule has 0 radical (unpaired) electrons. The van der Waals surface area contributed by atoms with Gasteiger partial charge in [-0.05, 0) is 55.4 Å². The Kier molecular flexibility index (Phi) is 3.54. The maximum atomic E-state index is 12.5. The maximum absolute atomic E-state index is 12.5. The first-order valence-electron chi connectivity index (χ1n) is 6.55. The average Bonchev–Trinajstić information content (AvgIpc) is 2.10. The van der Waals surface area contributed by atoms with Gasteiger partial charge in [0.2, 0.25) is 11.8 Å². The van der Waals surface area contributed by atoms with Gasteiger partial charge in [-0.1, -0.05) is 0 Å². The van der Waals surface area contributed by atoms with E-state index < -0.39 is 12.1 Å². The lowest BCUT2D eigenvalue weighted by Gasteiger charge is -2.52. The minimum absolute atomic E-state index is 0.0320. The Morgan fingerprint density at radius 1 is 0.722 bits per heavy atom. The van der Waals surface area contributed by atoms with Gasteiger partial charge in [-0.25, -0.2) is 0 Å². The van der Waals surface area contributed by atoms with Crippen LogP contribution in [0.3, 0.4) is 0 Å². The molecule has 0 N–H and O–H groups in total. The normalized spacial score (nSPS) is 26.9. The lowest BCUT2D eigenvalue weighted by molar-refractivity contribution is -0.171. The van der Waals surface area contributed by atoms with Gasteiger partial charge in [-0.15, -0.1) is 0 Å². The minimum atomic E-state index is -0.395. The fourth-order valence-corrected chi connectivity index (χ4v) is 2.83. The van der Waals surface area contributed by atoms with Crippen molar-refractivity contribution in [1.82, 2.24) is 9.80 Å². The summed E-state index contributed by atoms with van der Waals surface area (Å²) in [6.45, 7) is 15.4. The van der Waals surface area contributed by atoms with Crippen LogP contribution in [-0.2, 0) is 9.59 Å². The van der Waals surface area contributed by atoms with Crippen LogP contribution in [0.5, 0.6) is 0 Å². The highest BCUT2D eigenvalue weighted by Gasteiger charge is 2.48. The predicted molar refractivity (Wildman–Crippen MR) is 72.1 cm³/mol. The number of piperazine rings is 1. The first-order valence-corrected chi connectivity index (χ1v) is 6.55. The zero-order chi connectivity index (χ0) is 14.5. The molecular formula is C14H26N2O2. The highest BCUT2D eigenvalue weighted by molar-refractivity contribution is 5.97. The van der Waals surface area contributed by atoms with Crippen molar-refractivity contribution in [1.29, 1.82) is 0 Å². The van der Waals surface area contributed by atoms with Crippen LogP contribution in [0.25, 0.3) is 0 Å². The van der Waals surface area contributed by atoms with Gasteiger partial charge in [-0.2, -0.15) is 0 Å². The third-order valence-corrected chi connectivity index (χ3v) is 3.41. The molecule has 0 aliphatic carbocycles. The van der Waals surface area contributed by atoms with Crippen LogP contribution in [0, 0.1) is 0 Å². The number of hydrogen-bond acceptors (Lipinski definition) is 2. The van der Waals surface area contributed by atoms with Crippen molar-refractivity contribution >= 4 is 11.8 Å². The fourth-order valence-electron chi connectivity index (χ4n) is 2.83. The molecule has 0 aromatic rings. The van der Waals surface area contributed by atoms with Crippen LogP contribution in [0.4, 0.5) is 0 Å². The second-order valence-electron chi connectivity index (χ2n) is 7.11. The Labute approximate surface area is 110 Å². The summed E-state index contributed by atoms with van der Waals surface area (Å²) in [4.78, 5) is 28.5. The fraction of sp³-hybridized carbons (Fsp3) is 0.857. The molecule has 1 saturated heterocycles. The van der Waals surface area contributed by atoms with E-state index in [1.807, 2.05) is 55.4 Å². The smallest absolute Gasteiger partial charge is 0.246 e. The Morgan fingerprint density at radius 3 is 1.11 bits per heavy atom. The van der Waals surface area contributed by atoms with Crippen molar-refractivity contribution in [3.8, 4) is 0 Å². The molecule has 1 fully saturated rings. The second kappa shape index (κ2) is 4.25. The van der Waals surface area contributed by atoms with E-state index in [1.54, 1.807) is 9.80 Å². The van der Waals surface area contributed by atoms with Crippen LogP contribution < -0.4 is 0 Å². The van der Waals surface area contributed by atoms with Gasteiger partial charge in [0.15, 0.2) is 0 Å². The van der Waals surface area contributed by atoms with Crippen LogP contribution in [-0.4, -0.2) is 44.8 Å². The molecule has 2 unspecified atom stereocenters. The van der Waals surface area contributed by atoms with Crippen molar-refractivity contribution in [2.45, 2.75) is 78.6 Å². The average molecular weight is 254 g/mol. The van der Waals surface area contributed by atoms with E-state index in [1.165, 1.54) is 0 Å². The second-order valence-corrected chi connectivity index (χ2v) is 7.11. The van der Waals surface area contributed by atoms with Crippen molar-refractivity contribution in [3.63, 3.8) is 0 Å². The Hall–Kier alpha value is -1.06. The SMILES string of the molecule is CC1C(=O)N(C(C)(C)C)C(C)C(=O)N1C(C)(C)C. The maximum Gasteiger partial charge on any atom is 0.246 e. The molecule has 0 bridgehead atoms. The molecular weight excluding hydrogens is 228 g/mol. The highest BCUT2D eigenvalue weighted by atomic mass is 16.2. The summed E-state index contributed by atoms with van der Waals surface area (Å²) in [6.07, 6.45) is 0. The zero-order valence-corrected chi connectivity index (χ0v) is 12.9. The molecule has 1 aliphatic rings. The van der Waals surface area contributed by atoms with Gasteiger partial charge in [0, 0.05) is 11.1 Å². The Balaban J connectivity index is 3.20. The Bertz CT molecular complexity index is 327. The van der Waals surface area contributed by atoms with Crippen molar-refractivity contribution in [3.05, 3.63) is 0 Å². The monoisotopic (exact) mass is 254 g/mol. The summed E-state index contributed by atoms with van der Waals surface area (Å²) in [7, 11) is 0. The molecule has 104 valence electrons. The van der Waals surface area contributed by atoms with E-state index in [9.17, 15) is 9.59 Å². The standard InChI is InChI=1S/C14H26N2O2/c1-9-11(17)16(14(6,7)8)10(2)12(18)15(9)13(3,4)5/h9-10H,1-8H3. The van der Waals surface area contributed by atoms with Crippen molar-refractivity contribution < 1.29 is 9.59 Å². The summed E-state index contributed by atoms with van der Waals surface area (Å²) in [6, 6.07) is -0.791. The number of carbonyl (C=O) groups excluding carboxylic acids is 2. The van der Waals surface area contributed by atoms with Gasteiger partial charge >= 0.3 is 0 Å². The minimum Gasteiger partial charge on any atom is -0.324 e. The topological polar surface area (TPSA) is 40.6 Å². The molecule has 0 spiro atoms. The number of amides is 2. The first-order chi connectivity index (χ1) is 7.89. The van der Waals surface area contributed by atoms with E-state index in [-0.39, 0.29) is 22.9 Å². The van der Waals surface area contributed by atoms with E-state index in [0.717, 1.165) is 0 Å². The third kappa shape index (κ3) is 2.38. The van der Waals surface area contributed by atoms with Crippen LogP contribution in [0.2, 0.25) is 0 Å². The molecule has 1 aliphatic heterocycles.